The molecule has 94 valence electrons. The molecule has 0 fully saturated rings. The van der Waals surface area contributed by atoms with Crippen molar-refractivity contribution in [3.8, 4) is 0 Å². The van der Waals surface area contributed by atoms with Crippen molar-refractivity contribution in [2.24, 2.45) is 7.05 Å². The van der Waals surface area contributed by atoms with Crippen LogP contribution in [0.1, 0.15) is 5.56 Å². The van der Waals surface area contributed by atoms with Crippen molar-refractivity contribution in [2.45, 2.75) is 6.54 Å². The Hall–Kier alpha value is -2.51. The minimum Gasteiger partial charge on any atom is -0.285 e. The van der Waals surface area contributed by atoms with Crippen LogP contribution in [0.5, 0.6) is 0 Å². The van der Waals surface area contributed by atoms with Crippen LogP contribution in [0.2, 0.25) is 0 Å². The van der Waals surface area contributed by atoms with Gasteiger partial charge in [-0.15, -0.1) is 0 Å². The zero-order valence-corrected chi connectivity index (χ0v) is 9.41. The van der Waals surface area contributed by atoms with Crippen molar-refractivity contribution in [2.75, 3.05) is 0 Å². The van der Waals surface area contributed by atoms with Gasteiger partial charge in [0.05, 0.1) is 17.0 Å². The van der Waals surface area contributed by atoms with Gasteiger partial charge in [0.2, 0.25) is 0 Å². The van der Waals surface area contributed by atoms with Crippen molar-refractivity contribution in [3.63, 3.8) is 0 Å². The van der Waals surface area contributed by atoms with E-state index in [2.05, 4.69) is 5.10 Å². The maximum absolute atomic E-state index is 13.1. The summed E-state index contributed by atoms with van der Waals surface area (Å²) in [6.45, 7) is -0.145. The molecule has 7 nitrogen and oxygen atoms in total. The number of nitrogens with zero attached hydrogens (tertiary/aromatic N) is 4. The largest absolute Gasteiger partial charge is 0.345 e. The molecule has 2 aromatic rings. The van der Waals surface area contributed by atoms with Crippen LogP contribution in [0, 0.1) is 15.9 Å². The monoisotopic (exact) mass is 252 g/mol. The lowest BCUT2D eigenvalue weighted by atomic mass is 10.2. The van der Waals surface area contributed by atoms with E-state index in [0.29, 0.717) is 0 Å². The Balaban J connectivity index is 2.45. The van der Waals surface area contributed by atoms with Gasteiger partial charge in [-0.25, -0.2) is 13.9 Å². The first-order valence-electron chi connectivity index (χ1n) is 5.00. The lowest BCUT2D eigenvalue weighted by Gasteiger charge is -2.02. The molecule has 0 atom stereocenters. The highest BCUT2D eigenvalue weighted by Crippen LogP contribution is 2.19. The van der Waals surface area contributed by atoms with Crippen LogP contribution in [0.25, 0.3) is 0 Å². The third-order valence-electron chi connectivity index (χ3n) is 2.45. The first-order valence-corrected chi connectivity index (χ1v) is 5.00. The van der Waals surface area contributed by atoms with Crippen LogP contribution in [-0.2, 0) is 13.6 Å². The Morgan fingerprint density at radius 2 is 2.22 bits per heavy atom. The number of rotatable bonds is 3. The second kappa shape index (κ2) is 4.40. The third kappa shape index (κ3) is 2.12. The molecule has 0 aliphatic rings. The molecule has 1 aromatic carbocycles. The second-order valence-electron chi connectivity index (χ2n) is 3.71. The summed E-state index contributed by atoms with van der Waals surface area (Å²) in [4.78, 5) is 21.7. The molecule has 0 aliphatic carbocycles. The molecule has 0 spiro atoms. The van der Waals surface area contributed by atoms with Crippen LogP contribution in [0.15, 0.2) is 29.3 Å². The van der Waals surface area contributed by atoms with Gasteiger partial charge in [-0.3, -0.25) is 14.7 Å². The van der Waals surface area contributed by atoms with Crippen molar-refractivity contribution < 1.29 is 9.31 Å². The van der Waals surface area contributed by atoms with E-state index in [1.807, 2.05) is 0 Å². The number of nitro benzene ring substituents is 1. The summed E-state index contributed by atoms with van der Waals surface area (Å²) in [7, 11) is 1.51. The number of aromatic nitrogens is 3. The minimum absolute atomic E-state index is 0.0980. The number of hydrogen-bond donors (Lipinski definition) is 0. The van der Waals surface area contributed by atoms with Gasteiger partial charge in [0, 0.05) is 13.1 Å². The Labute approximate surface area is 100 Å². The molecule has 0 amide bonds. The molecular formula is C10H9FN4O3. The standard InChI is InChI=1S/C10H9FN4O3/c1-13-6-12-14(10(13)16)5-7-4-8(11)2-3-9(7)15(17)18/h2-4,6H,5H2,1H3. The lowest BCUT2D eigenvalue weighted by molar-refractivity contribution is -0.385. The molecule has 1 heterocycles. The fraction of sp³-hybridized carbons (Fsp3) is 0.200. The lowest BCUT2D eigenvalue weighted by Crippen LogP contribution is -2.23. The number of nitro groups is 1. The Bertz CT molecular complexity index is 661. The quantitative estimate of drug-likeness (QED) is 0.594. The SMILES string of the molecule is Cn1cnn(Cc2cc(F)ccc2[N+](=O)[O-])c1=O. The molecular weight excluding hydrogens is 243 g/mol. The average Bonchev–Trinajstić information content (AvgIpc) is 2.61. The predicted molar refractivity (Wildman–Crippen MR) is 59.6 cm³/mol. The van der Waals surface area contributed by atoms with Gasteiger partial charge < -0.3 is 0 Å². The van der Waals surface area contributed by atoms with Crippen molar-refractivity contribution in [1.82, 2.24) is 14.3 Å². The molecule has 2 rings (SSSR count). The van der Waals surface area contributed by atoms with Gasteiger partial charge in [0.1, 0.15) is 12.1 Å². The summed E-state index contributed by atoms with van der Waals surface area (Å²) in [5, 5.41) is 14.5. The van der Waals surface area contributed by atoms with E-state index >= 15 is 0 Å². The summed E-state index contributed by atoms with van der Waals surface area (Å²) in [6.07, 6.45) is 1.29. The minimum atomic E-state index is -0.622. The van der Waals surface area contributed by atoms with Crippen molar-refractivity contribution in [3.05, 3.63) is 56.5 Å². The van der Waals surface area contributed by atoms with E-state index < -0.39 is 16.4 Å². The third-order valence-corrected chi connectivity index (χ3v) is 2.45. The summed E-state index contributed by atoms with van der Waals surface area (Å²) in [6, 6.07) is 3.10. The molecule has 0 N–H and O–H groups in total. The topological polar surface area (TPSA) is 83.0 Å². The zero-order valence-electron chi connectivity index (χ0n) is 9.41. The fourth-order valence-corrected chi connectivity index (χ4v) is 1.55. The summed E-state index contributed by atoms with van der Waals surface area (Å²) < 4.78 is 15.3. The van der Waals surface area contributed by atoms with E-state index in [0.717, 1.165) is 22.9 Å². The van der Waals surface area contributed by atoms with Gasteiger partial charge in [0.15, 0.2) is 0 Å². The Morgan fingerprint density at radius 1 is 1.50 bits per heavy atom. The summed E-state index contributed by atoms with van der Waals surface area (Å²) >= 11 is 0. The van der Waals surface area contributed by atoms with E-state index in [1.165, 1.54) is 17.9 Å². The second-order valence-corrected chi connectivity index (χ2v) is 3.71. The van der Waals surface area contributed by atoms with Crippen LogP contribution < -0.4 is 5.69 Å². The van der Waals surface area contributed by atoms with Gasteiger partial charge >= 0.3 is 5.69 Å². The number of halogens is 1. The molecule has 1 aromatic heterocycles. The van der Waals surface area contributed by atoms with E-state index in [9.17, 15) is 19.3 Å². The molecule has 0 unspecified atom stereocenters. The van der Waals surface area contributed by atoms with Crippen LogP contribution in [0.4, 0.5) is 10.1 Å². The molecule has 18 heavy (non-hydrogen) atoms. The van der Waals surface area contributed by atoms with E-state index in [4.69, 9.17) is 0 Å². The van der Waals surface area contributed by atoms with Gasteiger partial charge in [-0.1, -0.05) is 0 Å². The molecule has 0 aliphatic heterocycles. The summed E-state index contributed by atoms with van der Waals surface area (Å²) in [5.41, 5.74) is -0.566. The van der Waals surface area contributed by atoms with Crippen LogP contribution >= 0.6 is 0 Å². The Kier molecular flexibility index (Phi) is 2.92. The molecule has 0 saturated carbocycles. The maximum atomic E-state index is 13.1. The number of aryl methyl sites for hydroxylation is 1. The zero-order chi connectivity index (χ0) is 13.3. The predicted octanol–water partition coefficient (Wildman–Crippen LogP) is 0.677. The van der Waals surface area contributed by atoms with Gasteiger partial charge in [-0.2, -0.15) is 5.10 Å². The first-order chi connectivity index (χ1) is 8.49. The maximum Gasteiger partial charge on any atom is 0.345 e. The van der Waals surface area contributed by atoms with Gasteiger partial charge in [0.25, 0.3) is 5.69 Å². The summed E-state index contributed by atoms with van der Waals surface area (Å²) in [5.74, 6) is -0.598. The molecule has 0 bridgehead atoms. The van der Waals surface area contributed by atoms with Crippen molar-refractivity contribution in [1.29, 1.82) is 0 Å². The highest BCUT2D eigenvalue weighted by Gasteiger charge is 2.16. The van der Waals surface area contributed by atoms with E-state index in [-0.39, 0.29) is 17.8 Å². The fourth-order valence-electron chi connectivity index (χ4n) is 1.55. The molecule has 0 radical (unpaired) electrons. The number of hydrogen-bond acceptors (Lipinski definition) is 4. The Morgan fingerprint density at radius 3 is 2.78 bits per heavy atom. The van der Waals surface area contributed by atoms with Crippen molar-refractivity contribution >= 4 is 5.69 Å². The normalized spacial score (nSPS) is 10.6. The van der Waals surface area contributed by atoms with Crippen LogP contribution in [0.3, 0.4) is 0 Å². The molecule has 0 saturated heterocycles. The average molecular weight is 252 g/mol. The van der Waals surface area contributed by atoms with E-state index in [1.54, 1.807) is 0 Å². The first kappa shape index (κ1) is 12.0. The van der Waals surface area contributed by atoms with Crippen LogP contribution in [-0.4, -0.2) is 19.3 Å². The number of benzene rings is 1. The molecule has 8 heteroatoms. The highest BCUT2D eigenvalue weighted by molar-refractivity contribution is 5.40. The smallest absolute Gasteiger partial charge is 0.285 e. The van der Waals surface area contributed by atoms with Gasteiger partial charge in [-0.05, 0) is 12.1 Å². The highest BCUT2D eigenvalue weighted by atomic mass is 19.1.